The molecule has 0 aliphatic carbocycles. The van der Waals surface area contributed by atoms with Crippen LogP contribution in [0.2, 0.25) is 0 Å². The van der Waals surface area contributed by atoms with Gasteiger partial charge in [-0.3, -0.25) is 9.59 Å². The predicted molar refractivity (Wildman–Crippen MR) is 120 cm³/mol. The summed E-state index contributed by atoms with van der Waals surface area (Å²) in [5.74, 6) is -4.62. The topological polar surface area (TPSA) is 126 Å². The van der Waals surface area contributed by atoms with Crippen molar-refractivity contribution in [2.75, 3.05) is 14.2 Å². The molecule has 4 rings (SSSR count). The van der Waals surface area contributed by atoms with E-state index in [0.717, 1.165) is 29.5 Å². The molecule has 1 amide bonds. The van der Waals surface area contributed by atoms with Crippen LogP contribution in [0.5, 0.6) is 17.2 Å². The Labute approximate surface area is 198 Å². The van der Waals surface area contributed by atoms with Crippen molar-refractivity contribution in [1.82, 2.24) is 9.55 Å². The standard InChI is InChI=1S/C22H16F3N3O6S/c1-32-14-4-3-10(23)18(25)9(14)7-34-16-6-13(11(24)5-15(16)33-2)28-21(30)17-12(27-22(28)31)8-35-19(17)20(26)29/h3-6,8H,7H2,1-2H3,(H2,26,29)(H,27,31). The van der Waals surface area contributed by atoms with E-state index < -0.39 is 46.9 Å². The Balaban J connectivity index is 1.86. The Kier molecular flexibility index (Phi) is 6.26. The highest BCUT2D eigenvalue weighted by atomic mass is 32.1. The van der Waals surface area contributed by atoms with Crippen LogP contribution in [0, 0.1) is 17.5 Å². The number of nitrogens with two attached hydrogens (primary N) is 1. The summed E-state index contributed by atoms with van der Waals surface area (Å²) in [6.45, 7) is -0.561. The van der Waals surface area contributed by atoms with Gasteiger partial charge in [-0.25, -0.2) is 22.5 Å². The average molecular weight is 507 g/mol. The molecule has 0 fully saturated rings. The van der Waals surface area contributed by atoms with Crippen LogP contribution in [-0.4, -0.2) is 29.7 Å². The third-order valence-electron chi connectivity index (χ3n) is 5.10. The zero-order valence-electron chi connectivity index (χ0n) is 18.1. The quantitative estimate of drug-likeness (QED) is 0.396. The molecular weight excluding hydrogens is 491 g/mol. The van der Waals surface area contributed by atoms with Crippen molar-refractivity contribution >= 4 is 28.1 Å². The normalized spacial score (nSPS) is 11.0. The first kappa shape index (κ1) is 23.9. The van der Waals surface area contributed by atoms with E-state index in [2.05, 4.69) is 4.98 Å². The monoisotopic (exact) mass is 507 g/mol. The second-order valence-electron chi connectivity index (χ2n) is 7.07. The molecule has 0 aliphatic rings. The first-order chi connectivity index (χ1) is 16.7. The van der Waals surface area contributed by atoms with E-state index in [9.17, 15) is 27.6 Å². The van der Waals surface area contributed by atoms with E-state index in [0.29, 0.717) is 4.57 Å². The number of primary amides is 1. The zero-order chi connectivity index (χ0) is 25.4. The summed E-state index contributed by atoms with van der Waals surface area (Å²) in [6.07, 6.45) is 0. The SMILES string of the molecule is COc1cc(F)c(-n2c(=O)[nH]c3csc(C(N)=O)c3c2=O)cc1OCc1c(OC)ccc(F)c1F. The molecule has 0 aliphatic heterocycles. The van der Waals surface area contributed by atoms with Gasteiger partial charge in [-0.05, 0) is 12.1 Å². The highest BCUT2D eigenvalue weighted by molar-refractivity contribution is 7.13. The molecule has 13 heteroatoms. The molecule has 3 N–H and O–H groups in total. The van der Waals surface area contributed by atoms with Crippen LogP contribution in [0.15, 0.2) is 39.2 Å². The predicted octanol–water partition coefficient (Wildman–Crippen LogP) is 2.85. The molecule has 4 aromatic rings. The number of carbonyl (C=O) groups excluding carboxylic acids is 1. The molecule has 0 saturated heterocycles. The molecule has 2 aromatic heterocycles. The van der Waals surface area contributed by atoms with Gasteiger partial charge in [0.1, 0.15) is 17.2 Å². The Bertz CT molecular complexity index is 1590. The third kappa shape index (κ3) is 4.10. The molecule has 0 radical (unpaired) electrons. The molecule has 0 saturated carbocycles. The van der Waals surface area contributed by atoms with Gasteiger partial charge in [0.25, 0.3) is 11.5 Å². The second-order valence-corrected chi connectivity index (χ2v) is 7.95. The number of amides is 1. The van der Waals surface area contributed by atoms with Crippen molar-refractivity contribution in [3.8, 4) is 22.9 Å². The van der Waals surface area contributed by atoms with Gasteiger partial charge in [0.15, 0.2) is 29.0 Å². The van der Waals surface area contributed by atoms with E-state index >= 15 is 0 Å². The van der Waals surface area contributed by atoms with Gasteiger partial charge in [-0.15, -0.1) is 11.3 Å². The van der Waals surface area contributed by atoms with Gasteiger partial charge in [0.05, 0.1) is 36.4 Å². The van der Waals surface area contributed by atoms with E-state index in [4.69, 9.17) is 19.9 Å². The van der Waals surface area contributed by atoms with E-state index in [1.165, 1.54) is 25.7 Å². The summed E-state index contributed by atoms with van der Waals surface area (Å²) in [5, 5.41) is 1.17. The number of ether oxygens (including phenoxy) is 3. The number of fused-ring (bicyclic) bond motifs is 1. The third-order valence-corrected chi connectivity index (χ3v) is 6.09. The molecule has 2 aromatic carbocycles. The number of aromatic nitrogens is 2. The van der Waals surface area contributed by atoms with Crippen molar-refractivity contribution in [2.24, 2.45) is 5.73 Å². The fourth-order valence-electron chi connectivity index (χ4n) is 3.46. The van der Waals surface area contributed by atoms with Crippen LogP contribution in [0.1, 0.15) is 15.2 Å². The first-order valence-electron chi connectivity index (χ1n) is 9.75. The van der Waals surface area contributed by atoms with Gasteiger partial charge < -0.3 is 24.9 Å². The maximum Gasteiger partial charge on any atom is 0.333 e. The first-order valence-corrected chi connectivity index (χ1v) is 10.6. The summed E-state index contributed by atoms with van der Waals surface area (Å²) in [5.41, 5.74) is 2.58. The minimum Gasteiger partial charge on any atom is -0.496 e. The number of nitrogens with zero attached hydrogens (tertiary/aromatic N) is 1. The smallest absolute Gasteiger partial charge is 0.333 e. The van der Waals surface area contributed by atoms with Gasteiger partial charge in [0, 0.05) is 17.5 Å². The number of aromatic amines is 1. The van der Waals surface area contributed by atoms with Gasteiger partial charge in [-0.1, -0.05) is 0 Å². The second kappa shape index (κ2) is 9.18. The lowest BCUT2D eigenvalue weighted by atomic mass is 10.2. The molecular formula is C22H16F3N3O6S. The maximum atomic E-state index is 15.0. The van der Waals surface area contributed by atoms with Crippen molar-refractivity contribution < 1.29 is 32.2 Å². The number of nitrogens with one attached hydrogen (secondary N) is 1. The number of methoxy groups -OCH3 is 2. The number of hydrogen-bond donors (Lipinski definition) is 2. The fraction of sp³-hybridized carbons (Fsp3) is 0.136. The highest BCUT2D eigenvalue weighted by Crippen LogP contribution is 2.33. The van der Waals surface area contributed by atoms with Crippen molar-refractivity contribution in [1.29, 1.82) is 0 Å². The summed E-state index contributed by atoms with van der Waals surface area (Å²) in [7, 11) is 2.46. The minimum absolute atomic E-state index is 0.000226. The van der Waals surface area contributed by atoms with Crippen LogP contribution in [0.3, 0.4) is 0 Å². The Hall–Kier alpha value is -4.26. The van der Waals surface area contributed by atoms with Crippen molar-refractivity contribution in [3.05, 3.63) is 78.4 Å². The van der Waals surface area contributed by atoms with Crippen LogP contribution < -0.4 is 31.2 Å². The Morgan fingerprint density at radius 3 is 2.43 bits per heavy atom. The Morgan fingerprint density at radius 2 is 1.77 bits per heavy atom. The van der Waals surface area contributed by atoms with Gasteiger partial charge in [-0.2, -0.15) is 0 Å². The molecule has 2 heterocycles. The number of hydrogen-bond acceptors (Lipinski definition) is 7. The summed E-state index contributed by atoms with van der Waals surface area (Å²) < 4.78 is 59.1. The van der Waals surface area contributed by atoms with E-state index in [1.54, 1.807) is 0 Å². The number of carbonyl (C=O) groups is 1. The lowest BCUT2D eigenvalue weighted by Gasteiger charge is -2.16. The molecule has 182 valence electrons. The molecule has 0 atom stereocenters. The number of thiophene rings is 1. The lowest BCUT2D eigenvalue weighted by Crippen LogP contribution is -2.34. The van der Waals surface area contributed by atoms with Crippen molar-refractivity contribution in [3.63, 3.8) is 0 Å². The average Bonchev–Trinajstić information content (AvgIpc) is 3.25. The molecule has 9 nitrogen and oxygen atoms in total. The number of benzene rings is 2. The lowest BCUT2D eigenvalue weighted by molar-refractivity contribution is 0.101. The van der Waals surface area contributed by atoms with Gasteiger partial charge >= 0.3 is 5.69 Å². The molecule has 0 spiro atoms. The molecule has 35 heavy (non-hydrogen) atoms. The summed E-state index contributed by atoms with van der Waals surface area (Å²) in [4.78, 5) is 39.7. The molecule has 0 bridgehead atoms. The van der Waals surface area contributed by atoms with Crippen LogP contribution in [0.25, 0.3) is 16.6 Å². The number of H-pyrrole nitrogens is 1. The molecule has 0 unspecified atom stereocenters. The zero-order valence-corrected chi connectivity index (χ0v) is 18.9. The number of rotatable bonds is 7. The van der Waals surface area contributed by atoms with Crippen molar-refractivity contribution in [2.45, 2.75) is 6.61 Å². The largest absolute Gasteiger partial charge is 0.496 e. The summed E-state index contributed by atoms with van der Waals surface area (Å²) in [6, 6.07) is 3.92. The van der Waals surface area contributed by atoms with E-state index in [1.807, 2.05) is 0 Å². The maximum absolute atomic E-state index is 15.0. The fourth-order valence-corrected chi connectivity index (χ4v) is 4.30. The summed E-state index contributed by atoms with van der Waals surface area (Å²) >= 11 is 0.848. The minimum atomic E-state index is -1.21. The highest BCUT2D eigenvalue weighted by Gasteiger charge is 2.22. The van der Waals surface area contributed by atoms with Crippen LogP contribution >= 0.6 is 11.3 Å². The van der Waals surface area contributed by atoms with Gasteiger partial charge in [0.2, 0.25) is 0 Å². The van der Waals surface area contributed by atoms with Crippen LogP contribution in [0.4, 0.5) is 13.2 Å². The Morgan fingerprint density at radius 1 is 1.06 bits per heavy atom. The van der Waals surface area contributed by atoms with E-state index in [-0.39, 0.29) is 38.6 Å². The van der Waals surface area contributed by atoms with Crippen LogP contribution in [-0.2, 0) is 6.61 Å². The number of halogens is 3.